The molecule has 1 rings (SSSR count). The lowest BCUT2D eigenvalue weighted by Crippen LogP contribution is -2.62. The second-order valence-corrected chi connectivity index (χ2v) is 4.56. The normalized spacial score (nSPS) is 19.2. The average molecular weight is 240 g/mol. The third-order valence-corrected chi connectivity index (χ3v) is 3.72. The van der Waals surface area contributed by atoms with Crippen molar-refractivity contribution in [3.63, 3.8) is 0 Å². The van der Waals surface area contributed by atoms with Crippen LogP contribution in [0.4, 0.5) is 4.79 Å². The molecule has 0 saturated carbocycles. The van der Waals surface area contributed by atoms with Crippen LogP contribution >= 0.6 is 0 Å². The van der Waals surface area contributed by atoms with Crippen LogP contribution < -0.4 is 10.6 Å². The highest BCUT2D eigenvalue weighted by molar-refractivity contribution is 6.19. The first kappa shape index (κ1) is 13.7. The van der Waals surface area contributed by atoms with Gasteiger partial charge in [0, 0.05) is 0 Å². The highest BCUT2D eigenvalue weighted by Gasteiger charge is 2.49. The molecule has 1 fully saturated rings. The van der Waals surface area contributed by atoms with E-state index >= 15 is 0 Å². The lowest BCUT2D eigenvalue weighted by molar-refractivity contribution is -0.146. The van der Waals surface area contributed by atoms with E-state index in [1.807, 2.05) is 13.8 Å². The molecule has 5 nitrogen and oxygen atoms in total. The van der Waals surface area contributed by atoms with E-state index in [9.17, 15) is 14.4 Å². The molecule has 0 unspecified atom stereocenters. The predicted octanol–water partition coefficient (Wildman–Crippen LogP) is 1.58. The molecule has 0 aromatic rings. The summed E-state index contributed by atoms with van der Waals surface area (Å²) in [6.07, 6.45) is 2.76. The van der Waals surface area contributed by atoms with Crippen molar-refractivity contribution in [3.8, 4) is 0 Å². The molecule has 0 spiro atoms. The van der Waals surface area contributed by atoms with Gasteiger partial charge in [-0.25, -0.2) is 4.79 Å². The SMILES string of the molecule is CCC(CC)CC1(CC)C(=O)NC(=O)NC1=O. The minimum atomic E-state index is -1.08. The van der Waals surface area contributed by atoms with E-state index in [0.717, 1.165) is 12.8 Å². The molecule has 0 aliphatic carbocycles. The van der Waals surface area contributed by atoms with Gasteiger partial charge in [-0.15, -0.1) is 0 Å². The van der Waals surface area contributed by atoms with Crippen molar-refractivity contribution in [2.24, 2.45) is 11.3 Å². The largest absolute Gasteiger partial charge is 0.328 e. The minimum absolute atomic E-state index is 0.319. The molecule has 2 N–H and O–H groups in total. The highest BCUT2D eigenvalue weighted by atomic mass is 16.2. The Morgan fingerprint density at radius 1 is 1.00 bits per heavy atom. The summed E-state index contributed by atoms with van der Waals surface area (Å²) < 4.78 is 0. The molecule has 1 heterocycles. The summed E-state index contributed by atoms with van der Waals surface area (Å²) in [4.78, 5) is 34.9. The Bertz CT molecular complexity index is 315. The number of nitrogens with one attached hydrogen (secondary N) is 2. The molecule has 0 atom stereocenters. The summed E-state index contributed by atoms with van der Waals surface area (Å²) in [6, 6.07) is -0.714. The van der Waals surface area contributed by atoms with Crippen LogP contribution in [0.5, 0.6) is 0 Å². The molecule has 5 heteroatoms. The third-order valence-electron chi connectivity index (χ3n) is 3.72. The Labute approximate surface area is 101 Å². The highest BCUT2D eigenvalue weighted by Crippen LogP contribution is 2.35. The summed E-state index contributed by atoms with van der Waals surface area (Å²) in [5.74, 6) is -0.596. The zero-order valence-electron chi connectivity index (χ0n) is 10.6. The zero-order valence-corrected chi connectivity index (χ0v) is 10.6. The zero-order chi connectivity index (χ0) is 13.1. The fourth-order valence-corrected chi connectivity index (χ4v) is 2.30. The minimum Gasteiger partial charge on any atom is -0.277 e. The van der Waals surface area contributed by atoms with E-state index in [2.05, 4.69) is 10.6 Å². The first-order chi connectivity index (χ1) is 8.00. The molecule has 0 bridgehead atoms. The van der Waals surface area contributed by atoms with Gasteiger partial charge >= 0.3 is 6.03 Å². The van der Waals surface area contributed by atoms with E-state index in [1.54, 1.807) is 6.92 Å². The molecule has 1 saturated heterocycles. The third kappa shape index (κ3) is 2.48. The molecule has 0 aromatic heterocycles. The van der Waals surface area contributed by atoms with Gasteiger partial charge in [-0.3, -0.25) is 20.2 Å². The first-order valence-corrected chi connectivity index (χ1v) is 6.17. The molecule has 96 valence electrons. The maximum absolute atomic E-state index is 11.9. The van der Waals surface area contributed by atoms with Crippen LogP contribution in [-0.4, -0.2) is 17.8 Å². The van der Waals surface area contributed by atoms with E-state index in [0.29, 0.717) is 18.8 Å². The summed E-state index contributed by atoms with van der Waals surface area (Å²) in [7, 11) is 0. The molecule has 0 aromatic carbocycles. The van der Waals surface area contributed by atoms with Gasteiger partial charge in [-0.2, -0.15) is 0 Å². The number of amides is 4. The Balaban J connectivity index is 2.96. The Kier molecular flexibility index (Phi) is 4.26. The fraction of sp³-hybridized carbons (Fsp3) is 0.750. The van der Waals surface area contributed by atoms with Crippen LogP contribution in [0, 0.1) is 11.3 Å². The van der Waals surface area contributed by atoms with Crippen molar-refractivity contribution in [1.82, 2.24) is 10.6 Å². The van der Waals surface area contributed by atoms with E-state index in [4.69, 9.17) is 0 Å². The van der Waals surface area contributed by atoms with Gasteiger partial charge in [-0.05, 0) is 18.8 Å². The van der Waals surface area contributed by atoms with E-state index in [1.165, 1.54) is 0 Å². The molecule has 4 amide bonds. The summed E-state index contributed by atoms with van der Waals surface area (Å²) >= 11 is 0. The molecular weight excluding hydrogens is 220 g/mol. The maximum atomic E-state index is 11.9. The van der Waals surface area contributed by atoms with Crippen molar-refractivity contribution < 1.29 is 14.4 Å². The van der Waals surface area contributed by atoms with E-state index in [-0.39, 0.29) is 0 Å². The first-order valence-electron chi connectivity index (χ1n) is 6.17. The Hall–Kier alpha value is -1.39. The monoisotopic (exact) mass is 240 g/mol. The quantitative estimate of drug-likeness (QED) is 0.716. The van der Waals surface area contributed by atoms with Crippen molar-refractivity contribution in [1.29, 1.82) is 0 Å². The van der Waals surface area contributed by atoms with Gasteiger partial charge in [0.05, 0.1) is 0 Å². The number of carbonyl (C=O) groups excluding carboxylic acids is 3. The number of hydrogen-bond acceptors (Lipinski definition) is 3. The van der Waals surface area contributed by atoms with Crippen molar-refractivity contribution in [2.75, 3.05) is 0 Å². The topological polar surface area (TPSA) is 75.3 Å². The molecule has 1 aliphatic heterocycles. The van der Waals surface area contributed by atoms with Crippen LogP contribution in [0.1, 0.15) is 46.5 Å². The Morgan fingerprint density at radius 3 is 1.82 bits per heavy atom. The second kappa shape index (κ2) is 5.29. The summed E-state index contributed by atoms with van der Waals surface area (Å²) in [6.45, 7) is 5.89. The number of urea groups is 1. The van der Waals surface area contributed by atoms with Gasteiger partial charge in [0.15, 0.2) is 0 Å². The fourth-order valence-electron chi connectivity index (χ4n) is 2.30. The number of imide groups is 2. The molecular formula is C12H20N2O3. The smallest absolute Gasteiger partial charge is 0.277 e. The van der Waals surface area contributed by atoms with Gasteiger partial charge in [0.25, 0.3) is 0 Å². The lowest BCUT2D eigenvalue weighted by Gasteiger charge is -2.35. The number of barbiturate groups is 1. The van der Waals surface area contributed by atoms with Crippen molar-refractivity contribution >= 4 is 17.8 Å². The van der Waals surface area contributed by atoms with Gasteiger partial charge in [-0.1, -0.05) is 33.6 Å². The summed E-state index contributed by atoms with van der Waals surface area (Å²) in [5.41, 5.74) is -1.08. The average Bonchev–Trinajstić information content (AvgIpc) is 2.29. The number of hydrogen-bond donors (Lipinski definition) is 2. The van der Waals surface area contributed by atoms with E-state index < -0.39 is 23.3 Å². The van der Waals surface area contributed by atoms with Gasteiger partial charge in [0.2, 0.25) is 11.8 Å². The second-order valence-electron chi connectivity index (χ2n) is 4.56. The van der Waals surface area contributed by atoms with Crippen LogP contribution in [-0.2, 0) is 9.59 Å². The molecule has 1 aliphatic rings. The van der Waals surface area contributed by atoms with Crippen LogP contribution in [0.25, 0.3) is 0 Å². The number of carbonyl (C=O) groups is 3. The molecule has 17 heavy (non-hydrogen) atoms. The van der Waals surface area contributed by atoms with Crippen LogP contribution in [0.15, 0.2) is 0 Å². The van der Waals surface area contributed by atoms with Gasteiger partial charge in [0.1, 0.15) is 5.41 Å². The number of rotatable bonds is 5. The predicted molar refractivity (Wildman–Crippen MR) is 63.1 cm³/mol. The standard InChI is InChI=1S/C12H20N2O3/c1-4-8(5-2)7-12(6-3)9(15)13-11(17)14-10(12)16/h8H,4-7H2,1-3H3,(H2,13,14,15,16,17). The van der Waals surface area contributed by atoms with Crippen molar-refractivity contribution in [2.45, 2.75) is 46.5 Å². The van der Waals surface area contributed by atoms with Crippen molar-refractivity contribution in [3.05, 3.63) is 0 Å². The maximum Gasteiger partial charge on any atom is 0.328 e. The van der Waals surface area contributed by atoms with Crippen LogP contribution in [0.3, 0.4) is 0 Å². The lowest BCUT2D eigenvalue weighted by atomic mass is 9.73. The van der Waals surface area contributed by atoms with Gasteiger partial charge < -0.3 is 0 Å². The molecule has 0 radical (unpaired) electrons. The van der Waals surface area contributed by atoms with Crippen LogP contribution in [0.2, 0.25) is 0 Å². The Morgan fingerprint density at radius 2 is 1.47 bits per heavy atom. The summed E-state index contributed by atoms with van der Waals surface area (Å²) in [5, 5.41) is 4.39.